The Bertz CT molecular complexity index is 1160. The Balaban J connectivity index is 1.77. The van der Waals surface area contributed by atoms with Crippen molar-refractivity contribution in [3.63, 3.8) is 0 Å². The second-order valence-electron chi connectivity index (χ2n) is 10.2. The van der Waals surface area contributed by atoms with Gasteiger partial charge in [-0.15, -0.1) is 0 Å². The number of carbonyl (C=O) groups is 2. The molecule has 0 spiro atoms. The summed E-state index contributed by atoms with van der Waals surface area (Å²) >= 11 is 0. The minimum Gasteiger partial charge on any atom is -0.494 e. The first-order valence-electron chi connectivity index (χ1n) is 11.9. The van der Waals surface area contributed by atoms with Crippen LogP contribution >= 0.6 is 0 Å². The van der Waals surface area contributed by atoms with Gasteiger partial charge in [0.05, 0.1) is 24.1 Å². The van der Waals surface area contributed by atoms with Gasteiger partial charge in [-0.3, -0.25) is 4.90 Å². The minimum atomic E-state index is -3.31. The van der Waals surface area contributed by atoms with Crippen LogP contribution in [0.4, 0.5) is 9.59 Å². The molecule has 2 aromatic rings. The molecule has 9 nitrogen and oxygen atoms in total. The Morgan fingerprint density at radius 1 is 1.08 bits per heavy atom. The van der Waals surface area contributed by atoms with Crippen LogP contribution in [0, 0.1) is 0 Å². The monoisotopic (exact) mass is 519 g/mol. The highest BCUT2D eigenvalue weighted by molar-refractivity contribution is 7.90. The number of piperazine rings is 1. The topological polar surface area (TPSA) is 110 Å². The van der Waals surface area contributed by atoms with Crippen molar-refractivity contribution in [2.45, 2.75) is 50.3 Å². The van der Waals surface area contributed by atoms with Gasteiger partial charge in [0.25, 0.3) is 0 Å². The Morgan fingerprint density at radius 3 is 2.28 bits per heavy atom. The van der Waals surface area contributed by atoms with Crippen LogP contribution in [0.15, 0.2) is 59.5 Å². The largest absolute Gasteiger partial charge is 0.513 e. The normalized spacial score (nSPS) is 20.6. The fourth-order valence-corrected chi connectivity index (χ4v) is 4.93. The van der Waals surface area contributed by atoms with E-state index in [-0.39, 0.29) is 35.6 Å². The third kappa shape index (κ3) is 7.20. The van der Waals surface area contributed by atoms with Crippen LogP contribution in [0.5, 0.6) is 5.75 Å². The molecule has 2 amide bonds. The van der Waals surface area contributed by atoms with E-state index in [1.165, 1.54) is 12.1 Å². The molecule has 0 bridgehead atoms. The first-order chi connectivity index (χ1) is 16.8. The van der Waals surface area contributed by atoms with Crippen molar-refractivity contribution < 1.29 is 37.1 Å². The van der Waals surface area contributed by atoms with E-state index in [1.54, 1.807) is 37.8 Å². The maximum absolute atomic E-state index is 13.0. The molecule has 2 atom stereocenters. The number of carbonyl (C=O) groups excluding carboxylic acids is 1. The maximum Gasteiger partial charge on any atom is 0.513 e. The smallest absolute Gasteiger partial charge is 0.494 e. The van der Waals surface area contributed by atoms with Gasteiger partial charge >= 0.3 is 12.2 Å². The Labute approximate surface area is 212 Å². The molecular formula is C26H35N2O7S+. The number of quaternary nitrogens is 1. The van der Waals surface area contributed by atoms with Crippen molar-refractivity contribution in [2.75, 3.05) is 32.5 Å². The summed E-state index contributed by atoms with van der Waals surface area (Å²) in [6, 6.07) is 15.1. The van der Waals surface area contributed by atoms with Gasteiger partial charge in [-0.25, -0.2) is 17.7 Å². The summed E-state index contributed by atoms with van der Waals surface area (Å²) in [6.45, 7) is 6.60. The highest BCUT2D eigenvalue weighted by Crippen LogP contribution is 2.26. The zero-order valence-corrected chi connectivity index (χ0v) is 22.0. The molecule has 1 N–H and O–H groups in total. The quantitative estimate of drug-likeness (QED) is 0.547. The summed E-state index contributed by atoms with van der Waals surface area (Å²) in [5.74, 6) is 0.491. The molecule has 1 fully saturated rings. The highest BCUT2D eigenvalue weighted by Gasteiger charge is 2.47. The predicted octanol–water partition coefficient (Wildman–Crippen LogP) is 4.17. The van der Waals surface area contributed by atoms with Crippen LogP contribution in [0.25, 0.3) is 0 Å². The Kier molecular flexibility index (Phi) is 8.30. The number of carboxylic acid groups (broad SMARTS) is 1. The van der Waals surface area contributed by atoms with E-state index in [0.717, 1.165) is 11.8 Å². The van der Waals surface area contributed by atoms with Crippen LogP contribution in [0.3, 0.4) is 0 Å². The summed E-state index contributed by atoms with van der Waals surface area (Å²) in [7, 11) is -3.31. The van der Waals surface area contributed by atoms with Gasteiger partial charge in [-0.1, -0.05) is 30.3 Å². The molecule has 0 saturated carbocycles. The van der Waals surface area contributed by atoms with Crippen LogP contribution in [-0.4, -0.2) is 79.2 Å². The molecule has 2 aromatic carbocycles. The summed E-state index contributed by atoms with van der Waals surface area (Å²) < 4.78 is 34.6. The Hall–Kier alpha value is -3.11. The molecule has 0 radical (unpaired) electrons. The average molecular weight is 520 g/mol. The zero-order valence-electron chi connectivity index (χ0n) is 21.2. The molecule has 3 rings (SSSR count). The summed E-state index contributed by atoms with van der Waals surface area (Å²) in [4.78, 5) is 27.3. The maximum atomic E-state index is 13.0. The van der Waals surface area contributed by atoms with E-state index in [4.69, 9.17) is 9.47 Å². The number of ether oxygens (including phenoxy) is 2. The first-order valence-corrected chi connectivity index (χ1v) is 13.7. The molecule has 36 heavy (non-hydrogen) atoms. The van der Waals surface area contributed by atoms with Gasteiger partial charge in [-0.05, 0) is 45.0 Å². The van der Waals surface area contributed by atoms with E-state index < -0.39 is 33.7 Å². The molecule has 1 saturated heterocycles. The molecule has 1 aliphatic heterocycles. The van der Waals surface area contributed by atoms with Gasteiger partial charge in [-0.2, -0.15) is 4.79 Å². The van der Waals surface area contributed by atoms with E-state index in [2.05, 4.69) is 0 Å². The molecule has 10 heteroatoms. The molecule has 1 aliphatic rings. The lowest BCUT2D eigenvalue weighted by atomic mass is 10.0. The standard InChI is InChI=1S/C26H34N2O7S/c1-26(2,3)35-24(29)27-15-16-28(25(30)31,18-20-8-6-5-7-9-20)19-21(27)14-17-34-22-10-12-23(13-11-22)36(4,32)33/h5-13,21H,14-19H2,1-4H3/p+1/t21-,28?/m1/s1. The second kappa shape index (κ2) is 10.9. The third-order valence-corrected chi connectivity index (χ3v) is 7.23. The van der Waals surface area contributed by atoms with Crippen LogP contribution in [0.2, 0.25) is 0 Å². The minimum absolute atomic E-state index is 0.197. The van der Waals surface area contributed by atoms with Crippen LogP contribution in [0.1, 0.15) is 32.8 Å². The van der Waals surface area contributed by atoms with Gasteiger partial charge in [0.1, 0.15) is 31.0 Å². The number of rotatable bonds is 7. The molecule has 196 valence electrons. The summed E-state index contributed by atoms with van der Waals surface area (Å²) in [5, 5.41) is 10.2. The van der Waals surface area contributed by atoms with Crippen molar-refractivity contribution in [1.82, 2.24) is 4.90 Å². The van der Waals surface area contributed by atoms with E-state index in [0.29, 0.717) is 18.7 Å². The lowest BCUT2D eigenvalue weighted by molar-refractivity contribution is -0.878. The number of nitrogens with zero attached hydrogens (tertiary/aromatic N) is 2. The van der Waals surface area contributed by atoms with E-state index >= 15 is 0 Å². The van der Waals surface area contributed by atoms with Crippen LogP contribution < -0.4 is 4.74 Å². The zero-order chi connectivity index (χ0) is 26.6. The van der Waals surface area contributed by atoms with Crippen molar-refractivity contribution in [3.05, 3.63) is 60.2 Å². The molecular weight excluding hydrogens is 484 g/mol. The number of sulfone groups is 1. The molecule has 0 aromatic heterocycles. The SMILES string of the molecule is CC(C)(C)OC(=O)N1CC[N+](Cc2ccccc2)(C(=O)O)C[C@H]1CCOc1ccc(S(C)(=O)=O)cc1. The molecule has 1 unspecified atom stereocenters. The lowest BCUT2D eigenvalue weighted by Crippen LogP contribution is -2.66. The van der Waals surface area contributed by atoms with Gasteiger partial charge in [0.15, 0.2) is 9.84 Å². The highest BCUT2D eigenvalue weighted by atomic mass is 32.2. The van der Waals surface area contributed by atoms with E-state index in [1.807, 2.05) is 30.3 Å². The van der Waals surface area contributed by atoms with Crippen molar-refractivity contribution in [1.29, 1.82) is 0 Å². The number of hydrogen-bond acceptors (Lipinski definition) is 6. The first kappa shape index (κ1) is 27.5. The fraction of sp³-hybridized carbons (Fsp3) is 0.462. The van der Waals surface area contributed by atoms with Crippen LogP contribution in [-0.2, 0) is 21.1 Å². The lowest BCUT2D eigenvalue weighted by Gasteiger charge is -2.45. The van der Waals surface area contributed by atoms with E-state index in [9.17, 15) is 23.1 Å². The molecule has 1 heterocycles. The average Bonchev–Trinajstić information content (AvgIpc) is 2.78. The van der Waals surface area contributed by atoms with Crippen molar-refractivity contribution >= 4 is 22.0 Å². The third-order valence-electron chi connectivity index (χ3n) is 6.10. The number of hydrogen-bond donors (Lipinski definition) is 1. The second-order valence-corrected chi connectivity index (χ2v) is 12.2. The van der Waals surface area contributed by atoms with Gasteiger partial charge < -0.3 is 14.6 Å². The summed E-state index contributed by atoms with van der Waals surface area (Å²) in [6.07, 6.45) is 0.104. The predicted molar refractivity (Wildman–Crippen MR) is 135 cm³/mol. The van der Waals surface area contributed by atoms with Crippen molar-refractivity contribution in [3.8, 4) is 5.75 Å². The van der Waals surface area contributed by atoms with Gasteiger partial charge in [0.2, 0.25) is 0 Å². The number of benzene rings is 2. The summed E-state index contributed by atoms with van der Waals surface area (Å²) in [5.41, 5.74) is 0.228. The Morgan fingerprint density at radius 2 is 1.72 bits per heavy atom. The van der Waals surface area contributed by atoms with Gasteiger partial charge in [0, 0.05) is 18.2 Å². The molecule has 0 aliphatic carbocycles. The number of amides is 2. The fourth-order valence-electron chi connectivity index (χ4n) is 4.30. The van der Waals surface area contributed by atoms with Crippen molar-refractivity contribution in [2.24, 2.45) is 0 Å².